The maximum atomic E-state index is 12.4. The second-order valence-electron chi connectivity index (χ2n) is 5.50. The third-order valence-corrected chi connectivity index (χ3v) is 3.40. The highest BCUT2D eigenvalue weighted by Gasteiger charge is 2.31. The molecule has 1 rings (SSSR count). The van der Waals surface area contributed by atoms with Gasteiger partial charge < -0.3 is 10.5 Å². The zero-order chi connectivity index (χ0) is 18.0. The van der Waals surface area contributed by atoms with E-state index in [9.17, 15) is 13.2 Å². The number of nitrogens with one attached hydrogen (secondary N) is 1. The number of unbranched alkanes of at least 4 members (excludes halogenated alkanes) is 5. The maximum absolute atomic E-state index is 12.4. The highest BCUT2D eigenvalue weighted by molar-refractivity contribution is 6.05. The molecule has 0 fully saturated rings. The molecule has 3 N–H and O–H groups in total. The molecule has 0 spiro atoms. The Morgan fingerprint density at radius 1 is 1.25 bits per heavy atom. The molecule has 0 radical (unpaired) electrons. The van der Waals surface area contributed by atoms with Crippen LogP contribution in [0.15, 0.2) is 30.1 Å². The molecule has 1 aromatic heterocycles. The molecule has 134 valence electrons. The quantitative estimate of drug-likeness (QED) is 0.482. The van der Waals surface area contributed by atoms with Crippen molar-refractivity contribution in [2.75, 3.05) is 6.61 Å². The van der Waals surface area contributed by atoms with Gasteiger partial charge in [0.1, 0.15) is 11.4 Å². The molecule has 7 heteroatoms. The Morgan fingerprint density at radius 3 is 2.58 bits per heavy atom. The lowest BCUT2D eigenvalue weighted by Gasteiger charge is -2.09. The molecule has 1 heterocycles. The van der Waals surface area contributed by atoms with E-state index < -0.39 is 17.6 Å². The normalized spacial score (nSPS) is 12.2. The van der Waals surface area contributed by atoms with Gasteiger partial charge in [-0.1, -0.05) is 39.0 Å². The number of pyridine rings is 1. The Kier molecular flexibility index (Phi) is 8.29. The summed E-state index contributed by atoms with van der Waals surface area (Å²) in [5.41, 5.74) is 3.26. The van der Waals surface area contributed by atoms with Gasteiger partial charge in [0.25, 0.3) is 0 Å². The van der Waals surface area contributed by atoms with Crippen LogP contribution in [0, 0.1) is 5.41 Å². The summed E-state index contributed by atoms with van der Waals surface area (Å²) in [5.74, 6) is 0.484. The molecule has 0 aliphatic carbocycles. The van der Waals surface area contributed by atoms with E-state index in [1.54, 1.807) is 6.07 Å². The third-order valence-electron chi connectivity index (χ3n) is 3.40. The predicted octanol–water partition coefficient (Wildman–Crippen LogP) is 4.59. The molecular formula is C17H24F3N3O. The first-order valence-corrected chi connectivity index (χ1v) is 8.06. The molecule has 0 bridgehead atoms. The van der Waals surface area contributed by atoms with Crippen LogP contribution >= 0.6 is 0 Å². The first-order valence-electron chi connectivity index (χ1n) is 8.06. The van der Waals surface area contributed by atoms with Gasteiger partial charge in [-0.25, -0.2) is 0 Å². The second-order valence-corrected chi connectivity index (χ2v) is 5.50. The molecule has 0 aliphatic rings. The van der Waals surface area contributed by atoms with Crippen LogP contribution in [-0.4, -0.2) is 23.5 Å². The predicted molar refractivity (Wildman–Crippen MR) is 88.3 cm³/mol. The van der Waals surface area contributed by atoms with E-state index >= 15 is 0 Å². The highest BCUT2D eigenvalue weighted by Crippen LogP contribution is 2.22. The molecule has 0 saturated heterocycles. The van der Waals surface area contributed by atoms with Gasteiger partial charge in [-0.3, -0.25) is 10.4 Å². The first kappa shape index (κ1) is 20.0. The number of ether oxygens (including phenoxy) is 1. The summed E-state index contributed by atoms with van der Waals surface area (Å²) in [6.45, 7) is 2.70. The number of halogens is 3. The number of aromatic nitrogens is 1. The molecule has 0 amide bonds. The van der Waals surface area contributed by atoms with E-state index in [1.807, 2.05) is 0 Å². The Balaban J connectivity index is 2.50. The van der Waals surface area contributed by atoms with E-state index in [0.29, 0.717) is 18.4 Å². The van der Waals surface area contributed by atoms with Crippen LogP contribution in [0.4, 0.5) is 13.2 Å². The Bertz CT molecular complexity index is 556. The lowest BCUT2D eigenvalue weighted by Crippen LogP contribution is -2.20. The van der Waals surface area contributed by atoms with E-state index in [-0.39, 0.29) is 5.69 Å². The fraction of sp³-hybridized carbons (Fsp3) is 0.529. The van der Waals surface area contributed by atoms with Gasteiger partial charge in [-0.15, -0.1) is 0 Å². The van der Waals surface area contributed by atoms with E-state index in [4.69, 9.17) is 15.9 Å². The van der Waals surface area contributed by atoms with Crippen molar-refractivity contribution in [2.24, 2.45) is 5.73 Å². The number of alkyl halides is 3. The van der Waals surface area contributed by atoms with E-state index in [1.165, 1.54) is 37.9 Å². The van der Waals surface area contributed by atoms with Crippen molar-refractivity contribution >= 4 is 5.71 Å². The number of nitrogens with two attached hydrogens (primary N) is 1. The fourth-order valence-electron chi connectivity index (χ4n) is 2.03. The van der Waals surface area contributed by atoms with Crippen molar-refractivity contribution in [2.45, 2.75) is 51.6 Å². The minimum atomic E-state index is -4.65. The molecule has 0 unspecified atom stereocenters. The van der Waals surface area contributed by atoms with Crippen molar-refractivity contribution in [3.8, 4) is 5.75 Å². The number of allylic oxidation sites excluding steroid dienone is 2. The minimum Gasteiger partial charge on any atom is -0.493 e. The average molecular weight is 343 g/mol. The third kappa shape index (κ3) is 7.48. The Labute approximate surface area is 140 Å². The molecule has 0 aliphatic heterocycles. The molecule has 4 nitrogen and oxygen atoms in total. The SMILES string of the molecule is CCCCCCCCOc1ccnc(C(=N)C=C(N)C(F)(F)F)c1. The van der Waals surface area contributed by atoms with Crippen molar-refractivity contribution in [1.82, 2.24) is 4.98 Å². The van der Waals surface area contributed by atoms with Crippen molar-refractivity contribution in [3.05, 3.63) is 35.8 Å². The largest absolute Gasteiger partial charge is 0.493 e. The number of hydrogen-bond acceptors (Lipinski definition) is 4. The minimum absolute atomic E-state index is 0.0858. The van der Waals surface area contributed by atoms with Crippen LogP contribution in [0.5, 0.6) is 5.75 Å². The monoisotopic (exact) mass is 343 g/mol. The van der Waals surface area contributed by atoms with Gasteiger partial charge >= 0.3 is 6.18 Å². The highest BCUT2D eigenvalue weighted by atomic mass is 19.4. The molecule has 0 aromatic carbocycles. The van der Waals surface area contributed by atoms with Gasteiger partial charge in [-0.05, 0) is 18.6 Å². The summed E-state index contributed by atoms with van der Waals surface area (Å²) in [5, 5.41) is 7.67. The number of hydrogen-bond donors (Lipinski definition) is 2. The lowest BCUT2D eigenvalue weighted by molar-refractivity contribution is -0.0925. The fourth-order valence-corrected chi connectivity index (χ4v) is 2.03. The van der Waals surface area contributed by atoms with Crippen LogP contribution in [0.25, 0.3) is 0 Å². The van der Waals surface area contributed by atoms with Gasteiger partial charge in [0.2, 0.25) is 0 Å². The van der Waals surface area contributed by atoms with E-state index in [0.717, 1.165) is 12.8 Å². The summed E-state index contributed by atoms with van der Waals surface area (Å²) in [6, 6.07) is 3.06. The van der Waals surface area contributed by atoms with Crippen LogP contribution in [0.1, 0.15) is 51.1 Å². The second kappa shape index (κ2) is 9.95. The molecule has 24 heavy (non-hydrogen) atoms. The van der Waals surface area contributed by atoms with Crippen LogP contribution in [0.2, 0.25) is 0 Å². The van der Waals surface area contributed by atoms with Crippen LogP contribution in [-0.2, 0) is 0 Å². The van der Waals surface area contributed by atoms with Crippen molar-refractivity contribution in [1.29, 1.82) is 5.41 Å². The van der Waals surface area contributed by atoms with Gasteiger partial charge in [0, 0.05) is 12.3 Å². The van der Waals surface area contributed by atoms with Crippen LogP contribution in [0.3, 0.4) is 0 Å². The topological polar surface area (TPSA) is 72.0 Å². The molecule has 0 saturated carbocycles. The van der Waals surface area contributed by atoms with E-state index in [2.05, 4.69) is 11.9 Å². The summed E-state index contributed by atoms with van der Waals surface area (Å²) in [7, 11) is 0. The number of nitrogens with zero attached hydrogens (tertiary/aromatic N) is 1. The average Bonchev–Trinajstić information content (AvgIpc) is 2.53. The van der Waals surface area contributed by atoms with Crippen LogP contribution < -0.4 is 10.5 Å². The van der Waals surface area contributed by atoms with Gasteiger partial charge in [0.05, 0.1) is 18.0 Å². The summed E-state index contributed by atoms with van der Waals surface area (Å²) in [6.07, 6.45) is 4.14. The zero-order valence-corrected chi connectivity index (χ0v) is 13.8. The maximum Gasteiger partial charge on any atom is 0.430 e. The van der Waals surface area contributed by atoms with Gasteiger partial charge in [0.15, 0.2) is 0 Å². The summed E-state index contributed by atoms with van der Waals surface area (Å²) in [4.78, 5) is 3.88. The van der Waals surface area contributed by atoms with Gasteiger partial charge in [-0.2, -0.15) is 13.2 Å². The Hall–Kier alpha value is -2.05. The van der Waals surface area contributed by atoms with Crippen molar-refractivity contribution < 1.29 is 17.9 Å². The zero-order valence-electron chi connectivity index (χ0n) is 13.8. The lowest BCUT2D eigenvalue weighted by atomic mass is 10.1. The summed E-state index contributed by atoms with van der Waals surface area (Å²) < 4.78 is 42.7. The van der Waals surface area contributed by atoms with Crippen molar-refractivity contribution in [3.63, 3.8) is 0 Å². The number of rotatable bonds is 10. The first-order chi connectivity index (χ1) is 11.3. The molecule has 1 aromatic rings. The summed E-state index contributed by atoms with van der Waals surface area (Å²) >= 11 is 0. The Morgan fingerprint density at radius 2 is 1.92 bits per heavy atom. The standard InChI is InChI=1S/C17H24F3N3O/c1-2-3-4-5-6-7-10-24-13-8-9-23-15(11-13)14(21)12-16(22)17(18,19)20/h8-9,11-12,21H,2-7,10,22H2,1H3. The molecule has 0 atom stereocenters. The smallest absolute Gasteiger partial charge is 0.430 e. The molecular weight excluding hydrogens is 319 g/mol.